The molecule has 0 unspecified atom stereocenters. The van der Waals surface area contributed by atoms with Gasteiger partial charge in [0.15, 0.2) is 0 Å². The van der Waals surface area contributed by atoms with Crippen LogP contribution in [0, 0.1) is 0 Å². The van der Waals surface area contributed by atoms with Gasteiger partial charge in [0.1, 0.15) is 5.58 Å². The van der Waals surface area contributed by atoms with Gasteiger partial charge in [-0.25, -0.2) is 0 Å². The molecule has 0 N–H and O–H groups in total. The molecule has 0 saturated carbocycles. The number of hydrogen-bond donors (Lipinski definition) is 0. The first-order valence-corrected chi connectivity index (χ1v) is 5.71. The maximum absolute atomic E-state index is 5.69. The second-order valence-electron chi connectivity index (χ2n) is 4.29. The second kappa shape index (κ2) is 3.11. The quantitative estimate of drug-likeness (QED) is 0.417. The van der Waals surface area contributed by atoms with Gasteiger partial charge in [-0.1, -0.05) is 42.5 Å². The van der Waals surface area contributed by atoms with Crippen LogP contribution in [0.3, 0.4) is 0 Å². The zero-order valence-electron chi connectivity index (χ0n) is 9.18. The summed E-state index contributed by atoms with van der Waals surface area (Å²) in [4.78, 5) is 0. The molecule has 1 aliphatic heterocycles. The van der Waals surface area contributed by atoms with Crippen LogP contribution < -0.4 is 0 Å². The van der Waals surface area contributed by atoms with Crippen LogP contribution in [0.4, 0.5) is 0 Å². The largest absolute Gasteiger partial charge is 0.464 e. The van der Waals surface area contributed by atoms with Crippen LogP contribution in [0.1, 0.15) is 0 Å². The van der Waals surface area contributed by atoms with Gasteiger partial charge in [-0.3, -0.25) is 0 Å². The Morgan fingerprint density at radius 1 is 0.706 bits per heavy atom. The highest BCUT2D eigenvalue weighted by Gasteiger charge is 2.13. The van der Waals surface area contributed by atoms with Crippen LogP contribution in [-0.4, -0.2) is 0 Å². The Hall–Kier alpha value is -2.28. The first-order chi connectivity index (χ1) is 8.43. The van der Waals surface area contributed by atoms with Crippen molar-refractivity contribution >= 4 is 21.7 Å². The van der Waals surface area contributed by atoms with Gasteiger partial charge in [0.05, 0.1) is 6.26 Å². The van der Waals surface area contributed by atoms with E-state index in [0.29, 0.717) is 0 Å². The van der Waals surface area contributed by atoms with E-state index in [-0.39, 0.29) is 0 Å². The van der Waals surface area contributed by atoms with E-state index in [9.17, 15) is 0 Å². The third-order valence-corrected chi connectivity index (χ3v) is 3.32. The van der Waals surface area contributed by atoms with Crippen molar-refractivity contribution in [2.45, 2.75) is 0 Å². The fourth-order valence-electron chi connectivity index (χ4n) is 2.51. The molecule has 0 spiro atoms. The van der Waals surface area contributed by atoms with Crippen molar-refractivity contribution in [2.75, 3.05) is 0 Å². The monoisotopic (exact) mass is 218 g/mol. The second-order valence-corrected chi connectivity index (χ2v) is 4.29. The molecule has 17 heavy (non-hydrogen) atoms. The molecule has 1 aliphatic carbocycles. The first-order valence-electron chi connectivity index (χ1n) is 5.71. The molecular formula is C16H10O. The van der Waals surface area contributed by atoms with Crippen LogP contribution in [0.2, 0.25) is 0 Å². The van der Waals surface area contributed by atoms with Crippen molar-refractivity contribution in [1.82, 2.24) is 0 Å². The summed E-state index contributed by atoms with van der Waals surface area (Å²) in [6.45, 7) is 0. The van der Waals surface area contributed by atoms with Crippen LogP contribution in [0.5, 0.6) is 0 Å². The Balaban J connectivity index is 2.28. The predicted octanol–water partition coefficient (Wildman–Crippen LogP) is 4.69. The summed E-state index contributed by atoms with van der Waals surface area (Å²) in [5.41, 5.74) is 3.41. The lowest BCUT2D eigenvalue weighted by molar-refractivity contribution is 0.606. The fraction of sp³-hybridized carbons (Fsp3) is 0. The highest BCUT2D eigenvalue weighted by molar-refractivity contribution is 6.09. The van der Waals surface area contributed by atoms with Gasteiger partial charge in [0.25, 0.3) is 0 Å². The third-order valence-electron chi connectivity index (χ3n) is 3.32. The standard InChI is InChI=1S/C16H10O/c1-2-6-12-11(5-1)9-14-13-7-3-4-8-16(13)17-10-15(12)14/h1-10H. The van der Waals surface area contributed by atoms with Crippen LogP contribution in [0.25, 0.3) is 32.9 Å². The van der Waals surface area contributed by atoms with Gasteiger partial charge in [-0.15, -0.1) is 0 Å². The minimum Gasteiger partial charge on any atom is -0.464 e. The molecule has 1 heterocycles. The lowest BCUT2D eigenvalue weighted by Crippen LogP contribution is -1.78. The van der Waals surface area contributed by atoms with Crippen molar-refractivity contribution in [3.05, 3.63) is 60.9 Å². The molecule has 0 aromatic heterocycles. The van der Waals surface area contributed by atoms with Gasteiger partial charge < -0.3 is 4.42 Å². The molecule has 0 atom stereocenters. The van der Waals surface area contributed by atoms with Gasteiger partial charge in [-0.2, -0.15) is 0 Å². The molecule has 0 amide bonds. The maximum atomic E-state index is 5.69. The van der Waals surface area contributed by atoms with E-state index in [2.05, 4.69) is 42.5 Å². The van der Waals surface area contributed by atoms with E-state index in [0.717, 1.165) is 5.58 Å². The van der Waals surface area contributed by atoms with Gasteiger partial charge >= 0.3 is 0 Å². The van der Waals surface area contributed by atoms with Gasteiger partial charge in [0.2, 0.25) is 0 Å². The number of hydrogen-bond acceptors (Lipinski definition) is 1. The average Bonchev–Trinajstić information content (AvgIpc) is 2.78. The molecule has 0 saturated heterocycles. The normalized spacial score (nSPS) is 11.5. The Kier molecular flexibility index (Phi) is 1.61. The summed E-state index contributed by atoms with van der Waals surface area (Å²) in [5, 5.41) is 3.72. The summed E-state index contributed by atoms with van der Waals surface area (Å²) in [5.74, 6) is 0. The topological polar surface area (TPSA) is 13.1 Å². The summed E-state index contributed by atoms with van der Waals surface area (Å²) >= 11 is 0. The zero-order chi connectivity index (χ0) is 11.2. The third kappa shape index (κ3) is 1.14. The fourth-order valence-corrected chi connectivity index (χ4v) is 2.51. The van der Waals surface area contributed by atoms with E-state index < -0.39 is 0 Å². The Morgan fingerprint density at radius 3 is 2.41 bits per heavy atom. The highest BCUT2D eigenvalue weighted by Crippen LogP contribution is 2.38. The molecule has 2 aliphatic rings. The summed E-state index contributed by atoms with van der Waals surface area (Å²) < 4.78 is 5.69. The summed E-state index contributed by atoms with van der Waals surface area (Å²) in [7, 11) is 0. The molecule has 0 fully saturated rings. The summed E-state index contributed by atoms with van der Waals surface area (Å²) in [6.07, 6.45) is 1.86. The molecular weight excluding hydrogens is 208 g/mol. The maximum Gasteiger partial charge on any atom is 0.134 e. The predicted molar refractivity (Wildman–Crippen MR) is 70.3 cm³/mol. The van der Waals surface area contributed by atoms with E-state index in [1.165, 1.54) is 27.3 Å². The number of para-hydroxylation sites is 1. The van der Waals surface area contributed by atoms with Crippen molar-refractivity contribution in [2.24, 2.45) is 0 Å². The van der Waals surface area contributed by atoms with E-state index in [1.54, 1.807) is 0 Å². The highest BCUT2D eigenvalue weighted by atomic mass is 16.3. The lowest BCUT2D eigenvalue weighted by Gasteiger charge is -2.03. The summed E-state index contributed by atoms with van der Waals surface area (Å²) in [6, 6.07) is 18.8. The molecule has 80 valence electrons. The van der Waals surface area contributed by atoms with E-state index in [4.69, 9.17) is 4.42 Å². The van der Waals surface area contributed by atoms with Crippen molar-refractivity contribution in [3.63, 3.8) is 0 Å². The minimum atomic E-state index is 0.940. The van der Waals surface area contributed by atoms with Crippen molar-refractivity contribution in [1.29, 1.82) is 0 Å². The smallest absolute Gasteiger partial charge is 0.134 e. The zero-order valence-corrected chi connectivity index (χ0v) is 9.18. The number of fused-ring (bicyclic) bond motifs is 5. The van der Waals surface area contributed by atoms with Crippen LogP contribution in [-0.2, 0) is 0 Å². The van der Waals surface area contributed by atoms with Crippen LogP contribution in [0.15, 0.2) is 65.3 Å². The molecule has 2 aromatic carbocycles. The van der Waals surface area contributed by atoms with E-state index in [1.807, 2.05) is 18.4 Å². The molecule has 1 nitrogen and oxygen atoms in total. The minimum absolute atomic E-state index is 0.940. The van der Waals surface area contributed by atoms with Crippen molar-refractivity contribution < 1.29 is 4.42 Å². The number of benzene rings is 2. The molecule has 0 radical (unpaired) electrons. The molecule has 0 bridgehead atoms. The Labute approximate surface area is 98.6 Å². The SMILES string of the molecule is c1ccc2c3coc4ccccc4c-3cc2c1. The van der Waals surface area contributed by atoms with Crippen molar-refractivity contribution in [3.8, 4) is 11.1 Å². The molecule has 1 heteroatoms. The van der Waals surface area contributed by atoms with E-state index >= 15 is 0 Å². The van der Waals surface area contributed by atoms with Crippen LogP contribution >= 0.6 is 0 Å². The van der Waals surface area contributed by atoms with Gasteiger partial charge in [0, 0.05) is 10.9 Å². The first kappa shape index (κ1) is 8.82. The molecule has 2 aromatic rings. The Morgan fingerprint density at radius 2 is 1.47 bits per heavy atom. The van der Waals surface area contributed by atoms with Gasteiger partial charge in [-0.05, 0) is 28.5 Å². The average molecular weight is 218 g/mol. The lowest BCUT2D eigenvalue weighted by atomic mass is 10.1. The molecule has 4 rings (SSSR count). The Bertz CT molecular complexity index is 795. The number of rotatable bonds is 0.